The summed E-state index contributed by atoms with van der Waals surface area (Å²) in [5.41, 5.74) is -2.07. The molecule has 0 aromatic carbocycles. The molecule has 0 radical (unpaired) electrons. The van der Waals surface area contributed by atoms with Crippen LogP contribution in [0.3, 0.4) is 0 Å². The number of carbonyl (C=O) groups excluding carboxylic acids is 3. The fourth-order valence-corrected chi connectivity index (χ4v) is 6.57. The van der Waals surface area contributed by atoms with E-state index in [1.54, 1.807) is 24.0 Å². The molecular formula is C27H42N2O6. The summed E-state index contributed by atoms with van der Waals surface area (Å²) < 4.78 is 12.2. The summed E-state index contributed by atoms with van der Waals surface area (Å²) in [6, 6.07) is -1.60. The fraction of sp³-hybridized carbons (Fsp3) is 0.741. The van der Waals surface area contributed by atoms with Crippen LogP contribution >= 0.6 is 0 Å². The van der Waals surface area contributed by atoms with Gasteiger partial charge in [0.05, 0.1) is 30.8 Å². The molecule has 3 saturated heterocycles. The van der Waals surface area contributed by atoms with Crippen LogP contribution < -0.4 is 0 Å². The van der Waals surface area contributed by atoms with E-state index in [1.807, 2.05) is 20.8 Å². The van der Waals surface area contributed by atoms with Crippen molar-refractivity contribution >= 4 is 17.8 Å². The minimum absolute atomic E-state index is 0.0615. The average Bonchev–Trinajstić information content (AvgIpc) is 3.33. The third-order valence-electron chi connectivity index (χ3n) is 8.39. The molecular weight excluding hydrogens is 448 g/mol. The van der Waals surface area contributed by atoms with Crippen molar-refractivity contribution in [2.24, 2.45) is 17.8 Å². The molecule has 2 amide bonds. The molecule has 0 aromatic rings. The van der Waals surface area contributed by atoms with Gasteiger partial charge in [-0.05, 0) is 46.0 Å². The predicted octanol–water partition coefficient (Wildman–Crippen LogP) is 2.70. The second-order valence-corrected chi connectivity index (χ2v) is 10.6. The number of hydrogen-bond acceptors (Lipinski definition) is 6. The average molecular weight is 491 g/mol. The third-order valence-corrected chi connectivity index (χ3v) is 8.39. The van der Waals surface area contributed by atoms with Gasteiger partial charge >= 0.3 is 5.97 Å². The van der Waals surface area contributed by atoms with Crippen molar-refractivity contribution in [3.8, 4) is 0 Å². The van der Waals surface area contributed by atoms with Gasteiger partial charge in [-0.25, -0.2) is 0 Å². The standard InChI is InChI=1S/C27H42N2O6/c1-8-11-14-34-25(33)21-20-23(31)29(19(6)16-30)22(27(20)15-17(4)26(21,7)35-27)24(32)28(13-10-3)18(5)12-9-2/h8,10,17-22,30H,1,3,9,11-16H2,2,4-7H3/t17?,18?,19-,20+,21-,22?,26+,27?/m1/s1. The first-order valence-corrected chi connectivity index (χ1v) is 12.9. The van der Waals surface area contributed by atoms with Crippen LogP contribution in [0, 0.1) is 17.8 Å². The number of fused-ring (bicyclic) bond motifs is 1. The number of ether oxygens (including phenoxy) is 2. The highest BCUT2D eigenvalue weighted by molar-refractivity contribution is 5.99. The number of rotatable bonds is 12. The SMILES string of the molecule is C=CCCOC(=O)[C@H]1[C@H]2C(=O)N([C@H](C)CO)C(C(=O)N(CC=C)C(C)CCC)C23CC(C)[C@]1(C)O3. The zero-order chi connectivity index (χ0) is 26.1. The maximum atomic E-state index is 14.2. The molecule has 35 heavy (non-hydrogen) atoms. The Hall–Kier alpha value is -2.19. The highest BCUT2D eigenvalue weighted by atomic mass is 16.6. The molecule has 3 aliphatic rings. The van der Waals surface area contributed by atoms with Gasteiger partial charge in [0.15, 0.2) is 0 Å². The quantitative estimate of drug-likeness (QED) is 0.257. The smallest absolute Gasteiger partial charge is 0.312 e. The number of aliphatic hydroxyl groups is 1. The van der Waals surface area contributed by atoms with Crippen LogP contribution in [0.5, 0.6) is 0 Å². The van der Waals surface area contributed by atoms with Gasteiger partial charge < -0.3 is 24.4 Å². The summed E-state index contributed by atoms with van der Waals surface area (Å²) in [5.74, 6) is -2.75. The lowest BCUT2D eigenvalue weighted by Gasteiger charge is -2.40. The molecule has 2 bridgehead atoms. The molecule has 8 heteroatoms. The lowest BCUT2D eigenvalue weighted by atomic mass is 9.62. The summed E-state index contributed by atoms with van der Waals surface area (Å²) >= 11 is 0. The molecule has 0 aromatic heterocycles. The Balaban J connectivity index is 2.10. The van der Waals surface area contributed by atoms with Crippen LogP contribution in [0.2, 0.25) is 0 Å². The van der Waals surface area contributed by atoms with Gasteiger partial charge in [0.25, 0.3) is 0 Å². The molecule has 3 fully saturated rings. The van der Waals surface area contributed by atoms with Gasteiger partial charge in [0, 0.05) is 12.6 Å². The van der Waals surface area contributed by atoms with Crippen LogP contribution in [0.1, 0.15) is 60.3 Å². The summed E-state index contributed by atoms with van der Waals surface area (Å²) in [4.78, 5) is 44.8. The van der Waals surface area contributed by atoms with E-state index in [0.29, 0.717) is 19.4 Å². The second kappa shape index (κ2) is 10.4. The maximum absolute atomic E-state index is 14.2. The molecule has 196 valence electrons. The van der Waals surface area contributed by atoms with Gasteiger partial charge in [-0.1, -0.05) is 32.4 Å². The Kier molecular flexibility index (Phi) is 8.16. The van der Waals surface area contributed by atoms with Crippen LogP contribution in [0.4, 0.5) is 0 Å². The number of carbonyl (C=O) groups is 3. The lowest BCUT2D eigenvalue weighted by Crippen LogP contribution is -2.59. The summed E-state index contributed by atoms with van der Waals surface area (Å²) in [7, 11) is 0. The first kappa shape index (κ1) is 27.4. The van der Waals surface area contributed by atoms with E-state index in [2.05, 4.69) is 20.1 Å². The number of hydrogen-bond donors (Lipinski definition) is 1. The minimum Gasteiger partial charge on any atom is -0.465 e. The van der Waals surface area contributed by atoms with Gasteiger partial charge in [-0.2, -0.15) is 0 Å². The molecule has 8 nitrogen and oxygen atoms in total. The van der Waals surface area contributed by atoms with E-state index in [9.17, 15) is 19.5 Å². The van der Waals surface area contributed by atoms with Crippen LogP contribution in [0.15, 0.2) is 25.3 Å². The molecule has 0 aliphatic carbocycles. The van der Waals surface area contributed by atoms with Crippen molar-refractivity contribution in [3.63, 3.8) is 0 Å². The third kappa shape index (κ3) is 4.22. The molecule has 1 spiro atoms. The Morgan fingerprint density at radius 2 is 2.03 bits per heavy atom. The molecule has 3 rings (SSSR count). The number of nitrogens with zero attached hydrogens (tertiary/aromatic N) is 2. The number of esters is 1. The zero-order valence-electron chi connectivity index (χ0n) is 21.9. The topological polar surface area (TPSA) is 96.4 Å². The highest BCUT2D eigenvalue weighted by Gasteiger charge is 2.80. The lowest BCUT2D eigenvalue weighted by molar-refractivity contribution is -0.163. The van der Waals surface area contributed by atoms with Crippen LogP contribution in [-0.4, -0.2) is 81.8 Å². The van der Waals surface area contributed by atoms with E-state index in [-0.39, 0.29) is 37.0 Å². The molecule has 3 heterocycles. The van der Waals surface area contributed by atoms with Crippen molar-refractivity contribution < 1.29 is 29.0 Å². The maximum Gasteiger partial charge on any atom is 0.312 e. The van der Waals surface area contributed by atoms with E-state index in [1.165, 1.54) is 4.90 Å². The first-order chi connectivity index (χ1) is 16.5. The number of likely N-dealkylation sites (tertiary alicyclic amines) is 1. The molecule has 8 atom stereocenters. The number of aliphatic hydroxyl groups excluding tert-OH is 1. The van der Waals surface area contributed by atoms with E-state index >= 15 is 0 Å². The van der Waals surface area contributed by atoms with Crippen molar-refractivity contribution in [2.75, 3.05) is 19.8 Å². The highest BCUT2D eigenvalue weighted by Crippen LogP contribution is 2.65. The summed E-state index contributed by atoms with van der Waals surface area (Å²) in [6.07, 6.45) is 6.05. The monoisotopic (exact) mass is 490 g/mol. The Morgan fingerprint density at radius 3 is 2.60 bits per heavy atom. The van der Waals surface area contributed by atoms with Crippen molar-refractivity contribution in [1.82, 2.24) is 9.80 Å². The van der Waals surface area contributed by atoms with Crippen LogP contribution in [0.25, 0.3) is 0 Å². The van der Waals surface area contributed by atoms with Crippen molar-refractivity contribution in [3.05, 3.63) is 25.3 Å². The number of amides is 2. The van der Waals surface area contributed by atoms with Gasteiger partial charge in [0.2, 0.25) is 11.8 Å². The largest absolute Gasteiger partial charge is 0.465 e. The fourth-order valence-electron chi connectivity index (χ4n) is 6.57. The predicted molar refractivity (Wildman–Crippen MR) is 132 cm³/mol. The minimum atomic E-state index is -1.15. The van der Waals surface area contributed by atoms with Gasteiger partial charge in [0.1, 0.15) is 17.6 Å². The second-order valence-electron chi connectivity index (χ2n) is 10.6. The normalized spacial score (nSPS) is 34.9. The first-order valence-electron chi connectivity index (χ1n) is 12.9. The Labute approximate surface area is 209 Å². The Morgan fingerprint density at radius 1 is 1.34 bits per heavy atom. The summed E-state index contributed by atoms with van der Waals surface area (Å²) in [5, 5.41) is 10.0. The molecule has 1 N–H and O–H groups in total. The van der Waals surface area contributed by atoms with Crippen LogP contribution in [-0.2, 0) is 23.9 Å². The Bertz CT molecular complexity index is 861. The molecule has 0 saturated carbocycles. The van der Waals surface area contributed by atoms with E-state index in [0.717, 1.165) is 12.8 Å². The van der Waals surface area contributed by atoms with Gasteiger partial charge in [-0.15, -0.1) is 13.2 Å². The van der Waals surface area contributed by atoms with Crippen molar-refractivity contribution in [2.45, 2.75) is 89.6 Å². The molecule has 3 aliphatic heterocycles. The summed E-state index contributed by atoms with van der Waals surface area (Å²) in [6.45, 7) is 17.3. The molecule has 4 unspecified atom stereocenters. The zero-order valence-corrected chi connectivity index (χ0v) is 21.9. The van der Waals surface area contributed by atoms with E-state index < -0.39 is 41.1 Å². The van der Waals surface area contributed by atoms with Gasteiger partial charge in [-0.3, -0.25) is 14.4 Å². The van der Waals surface area contributed by atoms with E-state index in [4.69, 9.17) is 9.47 Å². The van der Waals surface area contributed by atoms with Crippen molar-refractivity contribution in [1.29, 1.82) is 0 Å².